The van der Waals surface area contributed by atoms with Crippen LogP contribution in [0, 0.1) is 0 Å². The first-order valence-corrected chi connectivity index (χ1v) is 2.59. The predicted molar refractivity (Wildman–Crippen MR) is 30.9 cm³/mol. The molecule has 0 atom stereocenters. The van der Waals surface area contributed by atoms with E-state index in [0.717, 1.165) is 0 Å². The van der Waals surface area contributed by atoms with Crippen molar-refractivity contribution in [2.24, 2.45) is 5.73 Å². The lowest BCUT2D eigenvalue weighted by Crippen LogP contribution is -2.12. The first-order chi connectivity index (χ1) is 4.79. The fraction of sp³-hybridized carbons (Fsp3) is 0.200. The summed E-state index contributed by atoms with van der Waals surface area (Å²) in [7, 11) is 0. The molecule has 5 heteroatoms. The van der Waals surface area contributed by atoms with Gasteiger partial charge in [0.15, 0.2) is 0 Å². The second-order valence-electron chi connectivity index (χ2n) is 1.64. The number of aromatic nitrogens is 1. The van der Waals surface area contributed by atoms with Crippen molar-refractivity contribution in [1.29, 1.82) is 0 Å². The number of hydrogen-bond acceptors (Lipinski definition) is 4. The van der Waals surface area contributed by atoms with Crippen LogP contribution in [-0.2, 0) is 11.3 Å². The molecule has 2 N–H and O–H groups in total. The first-order valence-electron chi connectivity index (χ1n) is 2.59. The van der Waals surface area contributed by atoms with Crippen molar-refractivity contribution in [2.45, 2.75) is 6.61 Å². The van der Waals surface area contributed by atoms with Gasteiger partial charge in [0.25, 0.3) is 0 Å². The van der Waals surface area contributed by atoms with Crippen LogP contribution in [0.15, 0.2) is 17.0 Å². The number of nitrogens with zero attached hydrogens (tertiary/aromatic N) is 1. The predicted octanol–water partition coefficient (Wildman–Crippen LogP) is 0.270. The molecular weight excluding hydrogens is 136 g/mol. The average Bonchev–Trinajstić information content (AvgIpc) is 2.34. The molecule has 0 saturated carbocycles. The lowest BCUT2D eigenvalue weighted by atomic mass is 10.4. The molecule has 0 fully saturated rings. The molecule has 0 aromatic carbocycles. The normalized spacial score (nSPS) is 9.20. The van der Waals surface area contributed by atoms with Gasteiger partial charge >= 0.3 is 6.09 Å². The summed E-state index contributed by atoms with van der Waals surface area (Å²) in [5.74, 6) is 0. The van der Waals surface area contributed by atoms with Crippen molar-refractivity contribution >= 4 is 6.09 Å². The summed E-state index contributed by atoms with van der Waals surface area (Å²) in [6.07, 6.45) is 2.02. The van der Waals surface area contributed by atoms with Crippen LogP contribution in [0.3, 0.4) is 0 Å². The van der Waals surface area contributed by atoms with Crippen molar-refractivity contribution in [3.05, 3.63) is 18.0 Å². The van der Waals surface area contributed by atoms with Crippen LogP contribution in [0.25, 0.3) is 0 Å². The minimum absolute atomic E-state index is 0.110. The molecule has 0 unspecified atom stereocenters. The van der Waals surface area contributed by atoms with Crippen LogP contribution in [0.4, 0.5) is 4.79 Å². The largest absolute Gasteiger partial charge is 0.445 e. The Morgan fingerprint density at radius 3 is 3.20 bits per heavy atom. The van der Waals surface area contributed by atoms with Crippen LogP contribution in [-0.4, -0.2) is 11.2 Å². The Balaban J connectivity index is 2.35. The Kier molecular flexibility index (Phi) is 1.89. The Bertz CT molecular complexity index is 207. The number of rotatable bonds is 2. The van der Waals surface area contributed by atoms with Gasteiger partial charge in [-0.2, -0.15) is 0 Å². The molecule has 1 aromatic heterocycles. The lowest BCUT2D eigenvalue weighted by Gasteiger charge is -1.94. The zero-order valence-corrected chi connectivity index (χ0v) is 5.11. The van der Waals surface area contributed by atoms with E-state index in [1.807, 2.05) is 0 Å². The molecule has 5 nitrogen and oxygen atoms in total. The van der Waals surface area contributed by atoms with E-state index >= 15 is 0 Å². The molecule has 10 heavy (non-hydrogen) atoms. The zero-order valence-electron chi connectivity index (χ0n) is 5.11. The Labute approximate surface area is 56.7 Å². The molecule has 0 spiro atoms. The fourth-order valence-electron chi connectivity index (χ4n) is 0.452. The van der Waals surface area contributed by atoms with E-state index in [4.69, 9.17) is 5.73 Å². The number of hydrogen-bond donors (Lipinski definition) is 1. The van der Waals surface area contributed by atoms with E-state index in [-0.39, 0.29) is 6.61 Å². The lowest BCUT2D eigenvalue weighted by molar-refractivity contribution is 0.150. The third kappa shape index (κ3) is 1.77. The van der Waals surface area contributed by atoms with Gasteiger partial charge in [-0.25, -0.2) is 4.79 Å². The van der Waals surface area contributed by atoms with Crippen molar-refractivity contribution in [3.8, 4) is 0 Å². The third-order valence-corrected chi connectivity index (χ3v) is 0.865. The van der Waals surface area contributed by atoms with Crippen LogP contribution < -0.4 is 5.73 Å². The monoisotopic (exact) mass is 142 g/mol. The van der Waals surface area contributed by atoms with E-state index in [0.29, 0.717) is 5.56 Å². The van der Waals surface area contributed by atoms with Crippen LogP contribution in [0.2, 0.25) is 0 Å². The van der Waals surface area contributed by atoms with Gasteiger partial charge in [-0.3, -0.25) is 0 Å². The average molecular weight is 142 g/mol. The number of amides is 1. The Hall–Kier alpha value is -1.52. The highest BCUT2D eigenvalue weighted by Gasteiger charge is 1.97. The summed E-state index contributed by atoms with van der Waals surface area (Å²) in [4.78, 5) is 10.0. The molecule has 1 amide bonds. The highest BCUT2D eigenvalue weighted by molar-refractivity contribution is 5.64. The fourth-order valence-corrected chi connectivity index (χ4v) is 0.452. The standard InChI is InChI=1S/C5H6N2O3/c6-5(8)9-2-4-1-7-10-3-4/h1,3H,2H2,(H2,6,8). The molecule has 0 aliphatic heterocycles. The number of carbonyl (C=O) groups excluding carboxylic acids is 1. The van der Waals surface area contributed by atoms with Crippen LogP contribution in [0.5, 0.6) is 0 Å². The van der Waals surface area contributed by atoms with E-state index in [1.54, 1.807) is 0 Å². The summed E-state index contributed by atoms with van der Waals surface area (Å²) in [5, 5.41) is 3.39. The van der Waals surface area contributed by atoms with Crippen molar-refractivity contribution in [2.75, 3.05) is 0 Å². The van der Waals surface area contributed by atoms with Gasteiger partial charge in [0.2, 0.25) is 0 Å². The first kappa shape index (κ1) is 6.60. The van der Waals surface area contributed by atoms with E-state index in [2.05, 4.69) is 14.4 Å². The summed E-state index contributed by atoms with van der Waals surface area (Å²) in [5.41, 5.74) is 5.38. The van der Waals surface area contributed by atoms with Gasteiger partial charge in [0.05, 0.1) is 6.20 Å². The number of primary amides is 1. The van der Waals surface area contributed by atoms with Gasteiger partial charge in [-0.15, -0.1) is 0 Å². The second kappa shape index (κ2) is 2.86. The van der Waals surface area contributed by atoms with Crippen LogP contribution in [0.1, 0.15) is 5.56 Å². The van der Waals surface area contributed by atoms with E-state index < -0.39 is 6.09 Å². The van der Waals surface area contributed by atoms with E-state index in [1.165, 1.54) is 12.5 Å². The maximum Gasteiger partial charge on any atom is 0.404 e. The zero-order chi connectivity index (χ0) is 7.40. The van der Waals surface area contributed by atoms with Crippen LogP contribution >= 0.6 is 0 Å². The topological polar surface area (TPSA) is 78.4 Å². The van der Waals surface area contributed by atoms with Gasteiger partial charge in [-0.1, -0.05) is 5.16 Å². The highest BCUT2D eigenvalue weighted by atomic mass is 16.5. The molecule has 54 valence electrons. The smallest absolute Gasteiger partial charge is 0.404 e. The second-order valence-corrected chi connectivity index (χ2v) is 1.64. The van der Waals surface area contributed by atoms with Gasteiger partial charge in [0.1, 0.15) is 12.9 Å². The molecule has 0 saturated heterocycles. The molecule has 0 aliphatic rings. The molecule has 0 aliphatic carbocycles. The number of carbonyl (C=O) groups is 1. The molecule has 0 radical (unpaired) electrons. The quantitative estimate of drug-likeness (QED) is 0.642. The molecule has 1 rings (SSSR count). The maximum absolute atomic E-state index is 10.0. The van der Waals surface area contributed by atoms with E-state index in [9.17, 15) is 4.79 Å². The van der Waals surface area contributed by atoms with Gasteiger partial charge < -0.3 is 15.0 Å². The highest BCUT2D eigenvalue weighted by Crippen LogP contribution is 1.97. The minimum atomic E-state index is -0.804. The molecule has 1 heterocycles. The summed E-state index contributed by atoms with van der Waals surface area (Å²) < 4.78 is 8.89. The number of ether oxygens (including phenoxy) is 1. The minimum Gasteiger partial charge on any atom is -0.445 e. The molecule has 0 bridgehead atoms. The van der Waals surface area contributed by atoms with Crippen molar-refractivity contribution in [1.82, 2.24) is 5.16 Å². The Morgan fingerprint density at radius 2 is 2.70 bits per heavy atom. The number of nitrogens with two attached hydrogens (primary N) is 1. The SMILES string of the molecule is NC(=O)OCc1cnoc1. The summed E-state index contributed by atoms with van der Waals surface area (Å²) >= 11 is 0. The maximum atomic E-state index is 10.0. The summed E-state index contributed by atoms with van der Waals surface area (Å²) in [6, 6.07) is 0. The summed E-state index contributed by atoms with van der Waals surface area (Å²) in [6.45, 7) is 0.110. The van der Waals surface area contributed by atoms with Gasteiger partial charge in [0, 0.05) is 5.56 Å². The third-order valence-electron chi connectivity index (χ3n) is 0.865. The van der Waals surface area contributed by atoms with Crippen molar-refractivity contribution < 1.29 is 14.1 Å². The Morgan fingerprint density at radius 1 is 1.90 bits per heavy atom. The van der Waals surface area contributed by atoms with Gasteiger partial charge in [-0.05, 0) is 0 Å². The molecular formula is C5H6N2O3. The molecule has 1 aromatic rings. The van der Waals surface area contributed by atoms with Crippen molar-refractivity contribution in [3.63, 3.8) is 0 Å².